The maximum Gasteiger partial charge on any atom is 0.240 e. The van der Waals surface area contributed by atoms with Crippen molar-refractivity contribution in [2.45, 2.75) is 32.9 Å². The van der Waals surface area contributed by atoms with E-state index in [4.69, 9.17) is 0 Å². The summed E-state index contributed by atoms with van der Waals surface area (Å²) >= 11 is 0. The highest BCUT2D eigenvalue weighted by atomic mass is 16.2. The Hall–Kier alpha value is -3.28. The van der Waals surface area contributed by atoms with Gasteiger partial charge in [0.1, 0.15) is 6.04 Å². The molecule has 5 rings (SSSR count). The van der Waals surface area contributed by atoms with Gasteiger partial charge in [0, 0.05) is 5.41 Å². The molecule has 0 N–H and O–H groups in total. The number of para-hydroxylation sites is 1. The molecule has 152 valence electrons. The zero-order valence-electron chi connectivity index (χ0n) is 17.1. The highest BCUT2D eigenvalue weighted by Crippen LogP contribution is 2.53. The lowest BCUT2D eigenvalue weighted by Gasteiger charge is -2.35. The van der Waals surface area contributed by atoms with E-state index in [1.165, 1.54) is 4.90 Å². The van der Waals surface area contributed by atoms with E-state index in [9.17, 15) is 14.4 Å². The lowest BCUT2D eigenvalue weighted by Crippen LogP contribution is -2.48. The van der Waals surface area contributed by atoms with E-state index in [1.807, 2.05) is 51.1 Å². The van der Waals surface area contributed by atoms with E-state index in [1.54, 1.807) is 35.5 Å². The fourth-order valence-electron chi connectivity index (χ4n) is 4.94. The first-order valence-corrected chi connectivity index (χ1v) is 10.2. The Bertz CT molecular complexity index is 1090. The molecule has 2 saturated heterocycles. The Labute approximate surface area is 175 Å². The van der Waals surface area contributed by atoms with Crippen LogP contribution in [0.25, 0.3) is 0 Å². The number of fused-ring (bicyclic) bond motifs is 5. The number of carbonyl (C=O) groups is 3. The summed E-state index contributed by atoms with van der Waals surface area (Å²) in [5.41, 5.74) is 1.73. The van der Waals surface area contributed by atoms with Crippen LogP contribution in [0.3, 0.4) is 0 Å². The summed E-state index contributed by atoms with van der Waals surface area (Å²) in [6, 6.07) is 15.5. The Kier molecular flexibility index (Phi) is 3.97. The SMILES string of the molecule is CC(C)(C)C(=O)[C@H]1[C@H]2C(=O)N(c3ccccc3)C(=O)[C@H]2[C@H]2c3ccccc3C=NN21. The maximum atomic E-state index is 13.6. The molecule has 6 heteroatoms. The summed E-state index contributed by atoms with van der Waals surface area (Å²) in [5, 5.41) is 6.27. The molecule has 0 radical (unpaired) electrons. The molecule has 2 fully saturated rings. The van der Waals surface area contributed by atoms with Crippen molar-refractivity contribution in [3.8, 4) is 0 Å². The number of benzene rings is 2. The number of carbonyl (C=O) groups excluding carboxylic acids is 3. The summed E-state index contributed by atoms with van der Waals surface area (Å²) < 4.78 is 0. The van der Waals surface area contributed by atoms with E-state index in [0.29, 0.717) is 5.69 Å². The zero-order chi connectivity index (χ0) is 21.2. The lowest BCUT2D eigenvalue weighted by molar-refractivity contribution is -0.136. The van der Waals surface area contributed by atoms with Gasteiger partial charge in [0.2, 0.25) is 11.8 Å². The van der Waals surface area contributed by atoms with Crippen molar-refractivity contribution in [2.24, 2.45) is 22.4 Å². The van der Waals surface area contributed by atoms with Gasteiger partial charge < -0.3 is 0 Å². The average Bonchev–Trinajstić information content (AvgIpc) is 3.20. The minimum atomic E-state index is -0.769. The molecule has 3 aliphatic heterocycles. The molecule has 6 nitrogen and oxygen atoms in total. The van der Waals surface area contributed by atoms with Crippen LogP contribution in [0.2, 0.25) is 0 Å². The molecule has 4 atom stereocenters. The Morgan fingerprint density at radius 1 is 0.900 bits per heavy atom. The molecule has 0 spiro atoms. The van der Waals surface area contributed by atoms with Gasteiger partial charge in [-0.2, -0.15) is 5.10 Å². The van der Waals surface area contributed by atoms with Crippen molar-refractivity contribution in [1.82, 2.24) is 5.01 Å². The van der Waals surface area contributed by atoms with E-state index >= 15 is 0 Å². The van der Waals surface area contributed by atoms with Crippen LogP contribution in [0, 0.1) is 17.3 Å². The van der Waals surface area contributed by atoms with Gasteiger partial charge in [0.05, 0.1) is 29.8 Å². The van der Waals surface area contributed by atoms with Crippen molar-refractivity contribution >= 4 is 29.5 Å². The Morgan fingerprint density at radius 2 is 1.53 bits per heavy atom. The first-order chi connectivity index (χ1) is 14.3. The van der Waals surface area contributed by atoms with Crippen molar-refractivity contribution in [2.75, 3.05) is 4.90 Å². The normalized spacial score (nSPS) is 27.2. The minimum Gasteiger partial charge on any atom is -0.297 e. The highest BCUT2D eigenvalue weighted by molar-refractivity contribution is 6.24. The number of anilines is 1. The third-order valence-corrected chi connectivity index (χ3v) is 6.32. The first kappa shape index (κ1) is 18.7. The number of hydrazone groups is 1. The molecule has 0 aromatic heterocycles. The minimum absolute atomic E-state index is 0.0763. The van der Waals surface area contributed by atoms with Crippen molar-refractivity contribution in [3.63, 3.8) is 0 Å². The van der Waals surface area contributed by atoms with E-state index in [2.05, 4.69) is 5.10 Å². The van der Waals surface area contributed by atoms with Crippen LogP contribution in [0.5, 0.6) is 0 Å². The number of ketones is 1. The van der Waals surface area contributed by atoms with Crippen LogP contribution in [0.4, 0.5) is 5.69 Å². The number of amides is 2. The summed E-state index contributed by atoms with van der Waals surface area (Å²) in [7, 11) is 0. The largest absolute Gasteiger partial charge is 0.297 e. The molecule has 3 aliphatic rings. The zero-order valence-corrected chi connectivity index (χ0v) is 17.1. The van der Waals surface area contributed by atoms with Gasteiger partial charge in [0.15, 0.2) is 5.78 Å². The number of hydrogen-bond donors (Lipinski definition) is 0. The summed E-state index contributed by atoms with van der Waals surface area (Å²) in [6.07, 6.45) is 1.72. The summed E-state index contributed by atoms with van der Waals surface area (Å²) in [5.74, 6) is -2.05. The first-order valence-electron chi connectivity index (χ1n) is 10.2. The molecule has 2 amide bonds. The van der Waals surface area contributed by atoms with Crippen molar-refractivity contribution < 1.29 is 14.4 Å². The van der Waals surface area contributed by atoms with Gasteiger partial charge in [0.25, 0.3) is 0 Å². The second-order valence-corrected chi connectivity index (χ2v) is 9.16. The topological polar surface area (TPSA) is 70.0 Å². The van der Waals surface area contributed by atoms with Gasteiger partial charge in [-0.1, -0.05) is 63.2 Å². The van der Waals surface area contributed by atoms with Crippen LogP contribution in [-0.2, 0) is 14.4 Å². The van der Waals surface area contributed by atoms with E-state index in [-0.39, 0.29) is 17.6 Å². The number of imide groups is 1. The fourth-order valence-corrected chi connectivity index (χ4v) is 4.94. The van der Waals surface area contributed by atoms with Gasteiger partial charge >= 0.3 is 0 Å². The molecular weight excluding hydrogens is 378 g/mol. The second-order valence-electron chi connectivity index (χ2n) is 9.16. The third-order valence-electron chi connectivity index (χ3n) is 6.32. The molecule has 30 heavy (non-hydrogen) atoms. The molecule has 3 heterocycles. The van der Waals surface area contributed by atoms with Crippen molar-refractivity contribution in [3.05, 3.63) is 65.7 Å². The van der Waals surface area contributed by atoms with Gasteiger partial charge in [-0.05, 0) is 23.3 Å². The second kappa shape index (κ2) is 6.36. The molecular formula is C24H23N3O3. The van der Waals surface area contributed by atoms with Gasteiger partial charge in [-0.25, -0.2) is 4.90 Å². The predicted molar refractivity (Wildman–Crippen MR) is 113 cm³/mol. The molecule has 2 aromatic rings. The summed E-state index contributed by atoms with van der Waals surface area (Å²) in [6.45, 7) is 5.53. The van der Waals surface area contributed by atoms with Crippen LogP contribution in [-0.4, -0.2) is 34.9 Å². The molecule has 0 saturated carbocycles. The van der Waals surface area contributed by atoms with Gasteiger partial charge in [-0.15, -0.1) is 0 Å². The van der Waals surface area contributed by atoms with Crippen LogP contribution >= 0.6 is 0 Å². The van der Waals surface area contributed by atoms with E-state index in [0.717, 1.165) is 11.1 Å². The van der Waals surface area contributed by atoms with Crippen LogP contribution < -0.4 is 4.90 Å². The number of rotatable bonds is 2. The van der Waals surface area contributed by atoms with E-state index < -0.39 is 29.3 Å². The quantitative estimate of drug-likeness (QED) is 0.725. The Balaban J connectivity index is 1.68. The number of Topliss-reactive ketones (excluding diaryl/α,β-unsaturated/α-hetero) is 1. The molecule has 0 aliphatic carbocycles. The van der Waals surface area contributed by atoms with Crippen LogP contribution in [0.15, 0.2) is 59.7 Å². The monoisotopic (exact) mass is 401 g/mol. The number of nitrogens with zero attached hydrogens (tertiary/aromatic N) is 3. The van der Waals surface area contributed by atoms with Gasteiger partial charge in [-0.3, -0.25) is 19.4 Å². The highest BCUT2D eigenvalue weighted by Gasteiger charge is 2.66. The molecule has 0 bridgehead atoms. The average molecular weight is 401 g/mol. The summed E-state index contributed by atoms with van der Waals surface area (Å²) in [4.78, 5) is 41.9. The molecule has 0 unspecified atom stereocenters. The van der Waals surface area contributed by atoms with Crippen LogP contribution in [0.1, 0.15) is 37.9 Å². The number of hydrogen-bond acceptors (Lipinski definition) is 5. The Morgan fingerprint density at radius 3 is 2.23 bits per heavy atom. The maximum absolute atomic E-state index is 13.6. The standard InChI is InChI=1S/C24H23N3O3/c1-24(2,3)21(28)20-18-17(19-16-12-8-7-9-14(16)13-25-27(19)20)22(29)26(23(18)30)15-10-5-4-6-11-15/h4-13,17-20H,1-3H3/t17-,18+,19-,20-/m1/s1. The molecule has 2 aromatic carbocycles. The predicted octanol–water partition coefficient (Wildman–Crippen LogP) is 3.18. The fraction of sp³-hybridized carbons (Fsp3) is 0.333. The lowest BCUT2D eigenvalue weighted by atomic mass is 9.79. The smallest absolute Gasteiger partial charge is 0.240 e. The van der Waals surface area contributed by atoms with Crippen molar-refractivity contribution in [1.29, 1.82) is 0 Å². The third kappa shape index (κ3) is 2.49.